The highest BCUT2D eigenvalue weighted by atomic mass is 32.2. The van der Waals surface area contributed by atoms with Crippen LogP contribution in [0.1, 0.15) is 36.6 Å². The van der Waals surface area contributed by atoms with E-state index in [0.717, 1.165) is 0 Å². The van der Waals surface area contributed by atoms with E-state index in [2.05, 4.69) is 31.3 Å². The number of carbonyl (C=O) groups is 3. The van der Waals surface area contributed by atoms with Gasteiger partial charge in [0.05, 0.1) is 6.54 Å². The minimum atomic E-state index is -0.901. The third kappa shape index (κ3) is 3.38. The second-order valence-corrected chi connectivity index (χ2v) is 10.0. The summed E-state index contributed by atoms with van der Waals surface area (Å²) >= 11 is 2.92. The first-order valence-corrected chi connectivity index (χ1v) is 10.7. The third-order valence-corrected chi connectivity index (χ3v) is 7.45. The Bertz CT molecular complexity index is 917. The summed E-state index contributed by atoms with van der Waals surface area (Å²) in [5.74, 6) is -0.600. The standard InChI is InChI=1S/C16H20N8O3S2/c1-16(2)11(12-20-22-23-21-12)24-14(27)10(15(24)29-16)19-13(26)9(18-8(25)6-17)7-4-3-5-28-7/h3-5,9-11,15H,6,17H2,1-2H3,(H,18,25)(H,19,26)(H,20,21,22,23)/t9?,10?,11?,15-/m1/s1. The van der Waals surface area contributed by atoms with Crippen molar-refractivity contribution in [3.8, 4) is 0 Å². The van der Waals surface area contributed by atoms with Crippen molar-refractivity contribution in [2.75, 3.05) is 6.54 Å². The van der Waals surface area contributed by atoms with Crippen LogP contribution in [0.25, 0.3) is 0 Å². The van der Waals surface area contributed by atoms with Gasteiger partial charge in [0, 0.05) is 9.62 Å². The summed E-state index contributed by atoms with van der Waals surface area (Å²) in [7, 11) is 0. The number of thiophene rings is 1. The Morgan fingerprint density at radius 1 is 1.45 bits per heavy atom. The number of hydrogen-bond acceptors (Lipinski definition) is 9. The van der Waals surface area contributed by atoms with Gasteiger partial charge in [-0.25, -0.2) is 5.10 Å². The summed E-state index contributed by atoms with van der Waals surface area (Å²) in [5.41, 5.74) is 5.37. The Morgan fingerprint density at radius 2 is 2.24 bits per heavy atom. The lowest BCUT2D eigenvalue weighted by Crippen LogP contribution is -2.68. The molecular formula is C16H20N8O3S2. The van der Waals surface area contributed by atoms with Gasteiger partial charge in [-0.05, 0) is 35.7 Å². The van der Waals surface area contributed by atoms with Crippen LogP contribution in [-0.2, 0) is 14.4 Å². The van der Waals surface area contributed by atoms with Gasteiger partial charge in [0.2, 0.25) is 17.7 Å². The molecule has 2 aromatic rings. The van der Waals surface area contributed by atoms with E-state index in [-0.39, 0.29) is 28.6 Å². The fraction of sp³-hybridized carbons (Fsp3) is 0.500. The van der Waals surface area contributed by atoms with E-state index >= 15 is 0 Å². The first-order valence-electron chi connectivity index (χ1n) is 8.90. The number of hydrogen-bond donors (Lipinski definition) is 4. The van der Waals surface area contributed by atoms with E-state index in [1.165, 1.54) is 11.3 Å². The van der Waals surface area contributed by atoms with Crippen LogP contribution >= 0.6 is 23.1 Å². The molecule has 3 unspecified atom stereocenters. The number of aromatic nitrogens is 4. The van der Waals surface area contributed by atoms with E-state index in [1.807, 2.05) is 19.2 Å². The predicted octanol–water partition coefficient (Wildman–Crippen LogP) is -0.703. The zero-order chi connectivity index (χ0) is 20.8. The lowest BCUT2D eigenvalue weighted by Gasteiger charge is -2.44. The van der Waals surface area contributed by atoms with Gasteiger partial charge in [-0.15, -0.1) is 28.2 Å². The van der Waals surface area contributed by atoms with Crippen molar-refractivity contribution in [2.24, 2.45) is 5.73 Å². The van der Waals surface area contributed by atoms with Crippen molar-refractivity contribution < 1.29 is 14.4 Å². The van der Waals surface area contributed by atoms with E-state index in [9.17, 15) is 14.4 Å². The lowest BCUT2D eigenvalue weighted by molar-refractivity contribution is -0.152. The molecule has 11 nitrogen and oxygen atoms in total. The first-order chi connectivity index (χ1) is 13.8. The number of fused-ring (bicyclic) bond motifs is 1. The molecule has 2 aliphatic rings. The molecular weight excluding hydrogens is 416 g/mol. The van der Waals surface area contributed by atoms with Crippen molar-refractivity contribution in [3.05, 3.63) is 28.2 Å². The summed E-state index contributed by atoms with van der Waals surface area (Å²) < 4.78 is -0.345. The van der Waals surface area contributed by atoms with Crippen molar-refractivity contribution >= 4 is 40.8 Å². The highest BCUT2D eigenvalue weighted by Gasteiger charge is 2.63. The van der Waals surface area contributed by atoms with Gasteiger partial charge in [0.15, 0.2) is 5.82 Å². The number of nitrogens with two attached hydrogens (primary N) is 1. The van der Waals surface area contributed by atoms with Gasteiger partial charge < -0.3 is 21.3 Å². The van der Waals surface area contributed by atoms with Gasteiger partial charge in [-0.1, -0.05) is 6.07 Å². The van der Waals surface area contributed by atoms with Crippen LogP contribution in [0, 0.1) is 0 Å². The van der Waals surface area contributed by atoms with Crippen LogP contribution in [0.5, 0.6) is 0 Å². The second-order valence-electron chi connectivity index (χ2n) is 7.25. The number of carbonyl (C=O) groups excluding carboxylic acids is 3. The predicted molar refractivity (Wildman–Crippen MR) is 105 cm³/mol. The van der Waals surface area contributed by atoms with Crippen LogP contribution in [-0.4, -0.2) is 66.0 Å². The Balaban J connectivity index is 1.51. The van der Waals surface area contributed by atoms with Crippen molar-refractivity contribution in [1.82, 2.24) is 36.2 Å². The molecule has 2 aromatic heterocycles. The highest BCUT2D eigenvalue weighted by Crippen LogP contribution is 2.56. The van der Waals surface area contributed by atoms with Crippen molar-refractivity contribution in [2.45, 2.75) is 42.1 Å². The second kappa shape index (κ2) is 7.39. The average Bonchev–Trinajstić information content (AvgIpc) is 3.43. The van der Waals surface area contributed by atoms with Crippen LogP contribution in [0.15, 0.2) is 17.5 Å². The molecule has 4 heterocycles. The van der Waals surface area contributed by atoms with Gasteiger partial charge >= 0.3 is 0 Å². The summed E-state index contributed by atoms with van der Waals surface area (Å²) in [6.45, 7) is 3.78. The molecule has 4 atom stereocenters. The quantitative estimate of drug-likeness (QED) is 0.433. The maximum atomic E-state index is 12.9. The molecule has 29 heavy (non-hydrogen) atoms. The van der Waals surface area contributed by atoms with Gasteiger partial charge in [0.1, 0.15) is 23.5 Å². The number of nitrogens with one attached hydrogen (secondary N) is 3. The van der Waals surface area contributed by atoms with Crippen LogP contribution < -0.4 is 16.4 Å². The fourth-order valence-electron chi connectivity index (χ4n) is 3.65. The summed E-state index contributed by atoms with van der Waals surface area (Å²) in [6.07, 6.45) is 0. The molecule has 5 N–H and O–H groups in total. The highest BCUT2D eigenvalue weighted by molar-refractivity contribution is 8.01. The smallest absolute Gasteiger partial charge is 0.249 e. The Morgan fingerprint density at radius 3 is 2.86 bits per heavy atom. The van der Waals surface area contributed by atoms with Crippen molar-refractivity contribution in [1.29, 1.82) is 0 Å². The van der Waals surface area contributed by atoms with Crippen LogP contribution in [0.2, 0.25) is 0 Å². The zero-order valence-electron chi connectivity index (χ0n) is 15.7. The zero-order valence-corrected chi connectivity index (χ0v) is 17.3. The molecule has 0 radical (unpaired) electrons. The molecule has 0 aromatic carbocycles. The molecule has 0 saturated carbocycles. The number of nitrogens with zero attached hydrogens (tertiary/aromatic N) is 4. The molecule has 0 bridgehead atoms. The first kappa shape index (κ1) is 19.8. The molecule has 2 fully saturated rings. The maximum Gasteiger partial charge on any atom is 0.249 e. The van der Waals surface area contributed by atoms with Gasteiger partial charge in [0.25, 0.3) is 0 Å². The van der Waals surface area contributed by atoms with Crippen molar-refractivity contribution in [3.63, 3.8) is 0 Å². The molecule has 4 rings (SSSR count). The monoisotopic (exact) mass is 436 g/mol. The number of aromatic amines is 1. The molecule has 3 amide bonds. The van der Waals surface area contributed by atoms with E-state index in [4.69, 9.17) is 5.73 Å². The summed E-state index contributed by atoms with van der Waals surface area (Å²) in [6, 6.07) is 1.63. The third-order valence-electron chi connectivity index (χ3n) is 4.94. The normalized spacial score (nSPS) is 25.8. The Labute approximate surface area is 174 Å². The number of thioether (sulfide) groups is 1. The number of amides is 3. The number of H-pyrrole nitrogens is 1. The van der Waals surface area contributed by atoms with Crippen LogP contribution in [0.4, 0.5) is 0 Å². The molecule has 2 aliphatic heterocycles. The minimum Gasteiger partial charge on any atom is -0.340 e. The van der Waals surface area contributed by atoms with Gasteiger partial charge in [-0.2, -0.15) is 0 Å². The van der Waals surface area contributed by atoms with E-state index in [0.29, 0.717) is 10.7 Å². The molecule has 154 valence electrons. The van der Waals surface area contributed by atoms with E-state index in [1.54, 1.807) is 28.8 Å². The summed E-state index contributed by atoms with van der Waals surface area (Å²) in [5, 5.41) is 20.9. The molecule has 13 heteroatoms. The average molecular weight is 437 g/mol. The summed E-state index contributed by atoms with van der Waals surface area (Å²) in [4.78, 5) is 39.9. The fourth-order valence-corrected chi connectivity index (χ4v) is 6.06. The van der Waals surface area contributed by atoms with Crippen LogP contribution in [0.3, 0.4) is 0 Å². The van der Waals surface area contributed by atoms with E-state index < -0.39 is 23.9 Å². The number of tetrazole rings is 1. The maximum absolute atomic E-state index is 12.9. The Hall–Kier alpha value is -2.51. The largest absolute Gasteiger partial charge is 0.340 e. The topological polar surface area (TPSA) is 159 Å². The number of rotatable bonds is 6. The molecule has 0 aliphatic carbocycles. The SMILES string of the molecule is CC1(C)S[C@@H]2C(NC(=O)C(NC(=O)CN)c3cccs3)C(=O)N2C1c1nnn[nH]1. The minimum absolute atomic E-state index is 0.210. The molecule has 0 spiro atoms. The Kier molecular flexibility index (Phi) is 5.04. The van der Waals surface area contributed by atoms with Gasteiger partial charge in [-0.3, -0.25) is 14.4 Å². The molecule has 2 saturated heterocycles. The lowest BCUT2D eigenvalue weighted by atomic mass is 9.95. The number of β-lactam (4-membered cyclic amide) rings is 1.